The van der Waals surface area contributed by atoms with Crippen molar-refractivity contribution < 1.29 is 0 Å². The number of rotatable bonds is 1. The van der Waals surface area contributed by atoms with Gasteiger partial charge in [-0.3, -0.25) is 0 Å². The van der Waals surface area contributed by atoms with Crippen molar-refractivity contribution in [2.75, 3.05) is 5.33 Å². The van der Waals surface area contributed by atoms with Crippen LogP contribution >= 0.6 is 27.7 Å². The summed E-state index contributed by atoms with van der Waals surface area (Å²) in [6.45, 7) is 1.04. The predicted molar refractivity (Wildman–Crippen MR) is 43.5 cm³/mol. The van der Waals surface area contributed by atoms with Gasteiger partial charge in [0.1, 0.15) is 6.33 Å². The molecule has 1 aliphatic heterocycles. The molecule has 0 amide bonds. The number of hydrogen-bond acceptors (Lipinski definition) is 3. The van der Waals surface area contributed by atoms with Crippen LogP contribution in [0.4, 0.5) is 0 Å². The first-order chi connectivity index (χ1) is 4.90. The Balaban J connectivity index is 2.21. The van der Waals surface area contributed by atoms with Crippen LogP contribution < -0.4 is 0 Å². The Labute approximate surface area is 71.3 Å². The van der Waals surface area contributed by atoms with E-state index in [1.165, 1.54) is 0 Å². The SMILES string of the molecule is BrCC1Cn2cnnc2S1. The first kappa shape index (κ1) is 6.67. The average Bonchev–Trinajstić information content (AvgIpc) is 2.42. The summed E-state index contributed by atoms with van der Waals surface area (Å²) in [6, 6.07) is 0. The second-order valence-electron chi connectivity index (χ2n) is 2.16. The van der Waals surface area contributed by atoms with Crippen molar-refractivity contribution in [1.29, 1.82) is 0 Å². The minimum atomic E-state index is 0.644. The minimum Gasteiger partial charge on any atom is -0.307 e. The van der Waals surface area contributed by atoms with Crippen LogP contribution in [0.2, 0.25) is 0 Å². The summed E-state index contributed by atoms with van der Waals surface area (Å²) in [7, 11) is 0. The third-order valence-electron chi connectivity index (χ3n) is 1.42. The molecule has 54 valence electrons. The van der Waals surface area contributed by atoms with E-state index < -0.39 is 0 Å². The van der Waals surface area contributed by atoms with Crippen molar-refractivity contribution in [2.45, 2.75) is 17.0 Å². The Kier molecular flexibility index (Phi) is 1.69. The highest BCUT2D eigenvalue weighted by molar-refractivity contribution is 9.09. The molecular weight excluding hydrogens is 214 g/mol. The van der Waals surface area contributed by atoms with Crippen LogP contribution in [0.1, 0.15) is 0 Å². The lowest BCUT2D eigenvalue weighted by Gasteiger charge is -1.98. The number of hydrogen-bond donors (Lipinski definition) is 0. The number of alkyl halides is 1. The molecule has 0 radical (unpaired) electrons. The highest BCUT2D eigenvalue weighted by Crippen LogP contribution is 2.30. The average molecular weight is 220 g/mol. The number of aromatic nitrogens is 3. The van der Waals surface area contributed by atoms with Crippen LogP contribution in [0, 0.1) is 0 Å². The molecule has 0 saturated carbocycles. The monoisotopic (exact) mass is 219 g/mol. The molecule has 2 rings (SSSR count). The van der Waals surface area contributed by atoms with Crippen molar-refractivity contribution in [1.82, 2.24) is 14.8 Å². The predicted octanol–water partition coefficient (Wildman–Crippen LogP) is 1.15. The van der Waals surface area contributed by atoms with Gasteiger partial charge in [-0.1, -0.05) is 27.7 Å². The molecule has 0 N–H and O–H groups in total. The molecule has 3 nitrogen and oxygen atoms in total. The fourth-order valence-electron chi connectivity index (χ4n) is 0.947. The Morgan fingerprint density at radius 2 is 2.80 bits per heavy atom. The van der Waals surface area contributed by atoms with Gasteiger partial charge in [0.05, 0.1) is 0 Å². The van der Waals surface area contributed by atoms with Crippen molar-refractivity contribution in [2.24, 2.45) is 0 Å². The van der Waals surface area contributed by atoms with Gasteiger partial charge in [-0.2, -0.15) is 0 Å². The van der Waals surface area contributed by atoms with E-state index in [1.807, 2.05) is 0 Å². The van der Waals surface area contributed by atoms with E-state index in [1.54, 1.807) is 18.1 Å². The van der Waals surface area contributed by atoms with Gasteiger partial charge >= 0.3 is 0 Å². The van der Waals surface area contributed by atoms with Crippen molar-refractivity contribution in [3.63, 3.8) is 0 Å². The topological polar surface area (TPSA) is 30.7 Å². The molecule has 0 spiro atoms. The van der Waals surface area contributed by atoms with E-state index in [4.69, 9.17) is 0 Å². The Bertz CT molecular complexity index is 216. The standard InChI is InChI=1S/C5H6BrN3S/c6-1-4-2-9-3-7-8-5(9)10-4/h3-4H,1-2H2. The van der Waals surface area contributed by atoms with Crippen LogP contribution in [0.3, 0.4) is 0 Å². The molecule has 1 aromatic heterocycles. The zero-order chi connectivity index (χ0) is 6.97. The summed E-state index contributed by atoms with van der Waals surface area (Å²) in [5.41, 5.74) is 0. The molecule has 1 atom stereocenters. The van der Waals surface area contributed by atoms with Gasteiger partial charge in [0.2, 0.25) is 0 Å². The number of thioether (sulfide) groups is 1. The molecule has 0 fully saturated rings. The lowest BCUT2D eigenvalue weighted by atomic mass is 10.5. The van der Waals surface area contributed by atoms with Gasteiger partial charge in [-0.25, -0.2) is 0 Å². The van der Waals surface area contributed by atoms with E-state index >= 15 is 0 Å². The normalized spacial score (nSPS) is 23.1. The van der Waals surface area contributed by atoms with Crippen LogP contribution in [-0.4, -0.2) is 25.3 Å². The quantitative estimate of drug-likeness (QED) is 0.665. The van der Waals surface area contributed by atoms with Crippen molar-refractivity contribution >= 4 is 27.7 Å². The maximum absolute atomic E-state index is 3.95. The zero-order valence-corrected chi connectivity index (χ0v) is 7.60. The Hall–Kier alpha value is -0.0300. The molecule has 1 aliphatic rings. The lowest BCUT2D eigenvalue weighted by molar-refractivity contribution is 0.673. The molecule has 1 unspecified atom stereocenters. The lowest BCUT2D eigenvalue weighted by Crippen LogP contribution is -2.05. The highest BCUT2D eigenvalue weighted by Gasteiger charge is 2.21. The van der Waals surface area contributed by atoms with Crippen molar-refractivity contribution in [3.8, 4) is 0 Å². The van der Waals surface area contributed by atoms with Gasteiger partial charge in [0, 0.05) is 17.1 Å². The Morgan fingerprint density at radius 3 is 3.50 bits per heavy atom. The number of halogens is 1. The summed E-state index contributed by atoms with van der Waals surface area (Å²) in [5, 5.41) is 10.5. The largest absolute Gasteiger partial charge is 0.307 e. The van der Waals surface area contributed by atoms with Gasteiger partial charge in [-0.05, 0) is 0 Å². The van der Waals surface area contributed by atoms with Gasteiger partial charge in [-0.15, -0.1) is 10.2 Å². The maximum atomic E-state index is 3.95. The zero-order valence-electron chi connectivity index (χ0n) is 5.20. The molecule has 0 aromatic carbocycles. The summed E-state index contributed by atoms with van der Waals surface area (Å²) >= 11 is 5.22. The second kappa shape index (κ2) is 2.54. The van der Waals surface area contributed by atoms with E-state index in [9.17, 15) is 0 Å². The second-order valence-corrected chi connectivity index (χ2v) is 4.08. The molecule has 1 aromatic rings. The highest BCUT2D eigenvalue weighted by atomic mass is 79.9. The third kappa shape index (κ3) is 0.971. The maximum Gasteiger partial charge on any atom is 0.191 e. The van der Waals surface area contributed by atoms with Gasteiger partial charge < -0.3 is 4.57 Å². The molecule has 2 heterocycles. The molecule has 0 bridgehead atoms. The van der Waals surface area contributed by atoms with E-state index in [0.717, 1.165) is 17.0 Å². The van der Waals surface area contributed by atoms with Crippen LogP contribution in [0.15, 0.2) is 11.5 Å². The van der Waals surface area contributed by atoms with Crippen LogP contribution in [-0.2, 0) is 6.54 Å². The number of fused-ring (bicyclic) bond motifs is 1. The molecule has 10 heavy (non-hydrogen) atoms. The third-order valence-corrected chi connectivity index (χ3v) is 3.81. The van der Waals surface area contributed by atoms with Gasteiger partial charge in [0.25, 0.3) is 0 Å². The van der Waals surface area contributed by atoms with E-state index in [0.29, 0.717) is 5.25 Å². The van der Waals surface area contributed by atoms with Crippen LogP contribution in [0.25, 0.3) is 0 Å². The van der Waals surface area contributed by atoms with Gasteiger partial charge in [0.15, 0.2) is 5.16 Å². The summed E-state index contributed by atoms with van der Waals surface area (Å²) < 4.78 is 2.08. The molecule has 0 saturated heterocycles. The first-order valence-corrected chi connectivity index (χ1v) is 5.00. The minimum absolute atomic E-state index is 0.644. The van der Waals surface area contributed by atoms with E-state index in [-0.39, 0.29) is 0 Å². The van der Waals surface area contributed by atoms with Crippen molar-refractivity contribution in [3.05, 3.63) is 6.33 Å². The molecule has 0 aliphatic carbocycles. The first-order valence-electron chi connectivity index (χ1n) is 3.00. The smallest absolute Gasteiger partial charge is 0.191 e. The summed E-state index contributed by atoms with van der Waals surface area (Å²) in [5.74, 6) is 0. The van der Waals surface area contributed by atoms with E-state index in [2.05, 4.69) is 30.7 Å². The summed E-state index contributed by atoms with van der Waals surface area (Å²) in [4.78, 5) is 0. The Morgan fingerprint density at radius 1 is 1.90 bits per heavy atom. The fraction of sp³-hybridized carbons (Fsp3) is 0.600. The number of nitrogens with zero attached hydrogens (tertiary/aromatic N) is 3. The molecule has 5 heteroatoms. The summed E-state index contributed by atoms with van der Waals surface area (Å²) in [6.07, 6.45) is 1.78. The molecular formula is C5H6BrN3S. The van der Waals surface area contributed by atoms with Crippen LogP contribution in [0.5, 0.6) is 0 Å². The fourth-order valence-corrected chi connectivity index (χ4v) is 2.50.